The number of carbonyl (C=O) groups excluding carboxylic acids is 1. The summed E-state index contributed by atoms with van der Waals surface area (Å²) in [6.45, 7) is 0. The number of esters is 1. The summed E-state index contributed by atoms with van der Waals surface area (Å²) in [5.74, 6) is -1.34. The molecular formula is C13H10BrN3O4. The van der Waals surface area contributed by atoms with Crippen molar-refractivity contribution in [1.29, 1.82) is 0 Å². The molecule has 1 aromatic carbocycles. The lowest BCUT2D eigenvalue weighted by molar-refractivity contribution is 0.0586. The zero-order chi connectivity index (χ0) is 15.4. The molecule has 21 heavy (non-hydrogen) atoms. The number of nitrogens with one attached hydrogen (secondary N) is 1. The number of hydrogen-bond donors (Lipinski definition) is 2. The highest BCUT2D eigenvalue weighted by Gasteiger charge is 2.11. The molecule has 0 aliphatic rings. The second kappa shape index (κ2) is 6.31. The molecule has 0 fully saturated rings. The van der Waals surface area contributed by atoms with Gasteiger partial charge in [0.1, 0.15) is 5.82 Å². The number of anilines is 2. The van der Waals surface area contributed by atoms with Crippen LogP contribution in [-0.2, 0) is 4.74 Å². The molecule has 0 radical (unpaired) electrons. The molecule has 0 spiro atoms. The molecule has 0 saturated carbocycles. The van der Waals surface area contributed by atoms with Gasteiger partial charge in [-0.2, -0.15) is 0 Å². The van der Waals surface area contributed by atoms with Crippen LogP contribution in [0.2, 0.25) is 0 Å². The van der Waals surface area contributed by atoms with Crippen LogP contribution in [0.25, 0.3) is 0 Å². The molecule has 2 N–H and O–H groups in total. The summed E-state index contributed by atoms with van der Waals surface area (Å²) >= 11 is 3.27. The summed E-state index contributed by atoms with van der Waals surface area (Å²) in [7, 11) is 1.24. The quantitative estimate of drug-likeness (QED) is 0.815. The van der Waals surface area contributed by atoms with Crippen LogP contribution in [-0.4, -0.2) is 34.1 Å². The lowest BCUT2D eigenvalue weighted by atomic mass is 10.2. The monoisotopic (exact) mass is 351 g/mol. The van der Waals surface area contributed by atoms with Crippen molar-refractivity contribution in [3.63, 3.8) is 0 Å². The Morgan fingerprint density at radius 1 is 1.33 bits per heavy atom. The van der Waals surface area contributed by atoms with Crippen molar-refractivity contribution < 1.29 is 19.4 Å². The number of methoxy groups -OCH3 is 1. The molecule has 7 nitrogen and oxygen atoms in total. The summed E-state index contributed by atoms with van der Waals surface area (Å²) in [6, 6.07) is 6.09. The van der Waals surface area contributed by atoms with Crippen LogP contribution in [0, 0.1) is 0 Å². The van der Waals surface area contributed by atoms with Crippen LogP contribution in [0.15, 0.2) is 34.9 Å². The van der Waals surface area contributed by atoms with Gasteiger partial charge < -0.3 is 15.2 Å². The van der Waals surface area contributed by atoms with Gasteiger partial charge in [0.15, 0.2) is 0 Å². The highest BCUT2D eigenvalue weighted by molar-refractivity contribution is 9.10. The number of halogens is 1. The lowest BCUT2D eigenvalue weighted by Gasteiger charge is -2.09. The van der Waals surface area contributed by atoms with E-state index in [1.807, 2.05) is 0 Å². The largest absolute Gasteiger partial charge is 0.478 e. The molecule has 2 rings (SSSR count). The van der Waals surface area contributed by atoms with E-state index >= 15 is 0 Å². The van der Waals surface area contributed by atoms with Crippen molar-refractivity contribution in [2.45, 2.75) is 0 Å². The number of aromatic carboxylic acids is 1. The third-order valence-corrected chi connectivity index (χ3v) is 3.16. The molecule has 0 aliphatic carbocycles. The number of carboxylic acids is 1. The molecule has 0 atom stereocenters. The van der Waals surface area contributed by atoms with Crippen molar-refractivity contribution in [2.24, 2.45) is 0 Å². The van der Waals surface area contributed by atoms with Crippen LogP contribution in [0.5, 0.6) is 0 Å². The van der Waals surface area contributed by atoms with Gasteiger partial charge in [-0.3, -0.25) is 0 Å². The number of carbonyl (C=O) groups is 2. The molecule has 0 amide bonds. The van der Waals surface area contributed by atoms with Gasteiger partial charge in [-0.05, 0) is 40.2 Å². The van der Waals surface area contributed by atoms with Crippen LogP contribution in [0.4, 0.5) is 11.5 Å². The summed E-state index contributed by atoms with van der Waals surface area (Å²) < 4.78 is 5.10. The maximum absolute atomic E-state index is 11.4. The molecule has 0 saturated heterocycles. The predicted octanol–water partition coefficient (Wildman–Crippen LogP) is 2.47. The van der Waals surface area contributed by atoms with E-state index in [4.69, 9.17) is 5.11 Å². The molecule has 0 aliphatic heterocycles. The van der Waals surface area contributed by atoms with Crippen LogP contribution >= 0.6 is 15.9 Å². The number of rotatable bonds is 4. The molecule has 108 valence electrons. The Labute approximate surface area is 128 Å². The molecule has 0 bridgehead atoms. The van der Waals surface area contributed by atoms with E-state index in [1.54, 1.807) is 12.1 Å². The zero-order valence-corrected chi connectivity index (χ0v) is 12.4. The molecule has 1 heterocycles. The van der Waals surface area contributed by atoms with E-state index in [9.17, 15) is 9.59 Å². The van der Waals surface area contributed by atoms with Gasteiger partial charge in [0.25, 0.3) is 0 Å². The minimum Gasteiger partial charge on any atom is -0.478 e. The lowest BCUT2D eigenvalue weighted by Crippen LogP contribution is -2.08. The molecule has 1 aromatic heterocycles. The average Bonchev–Trinajstić information content (AvgIpc) is 2.48. The third-order valence-electron chi connectivity index (χ3n) is 2.50. The SMILES string of the molecule is COC(=O)c1nccc(Nc2ccc(C(=O)O)cc2Br)n1. The fraction of sp³-hybridized carbons (Fsp3) is 0.0769. The summed E-state index contributed by atoms with van der Waals surface area (Å²) in [5.41, 5.74) is 0.764. The van der Waals surface area contributed by atoms with Gasteiger partial charge in [-0.15, -0.1) is 0 Å². The predicted molar refractivity (Wildman–Crippen MR) is 77.8 cm³/mol. The number of nitrogens with zero attached hydrogens (tertiary/aromatic N) is 2. The Hall–Kier alpha value is -2.48. The normalized spacial score (nSPS) is 10.0. The molecule has 0 unspecified atom stereocenters. The van der Waals surface area contributed by atoms with E-state index in [0.29, 0.717) is 16.0 Å². The number of hydrogen-bond acceptors (Lipinski definition) is 6. The maximum Gasteiger partial charge on any atom is 0.376 e. The van der Waals surface area contributed by atoms with Gasteiger partial charge in [0.2, 0.25) is 5.82 Å². The van der Waals surface area contributed by atoms with Gasteiger partial charge in [0, 0.05) is 10.7 Å². The summed E-state index contributed by atoms with van der Waals surface area (Å²) in [6.07, 6.45) is 1.42. The fourth-order valence-electron chi connectivity index (χ4n) is 1.51. The Kier molecular flexibility index (Phi) is 4.49. The van der Waals surface area contributed by atoms with Crippen molar-refractivity contribution in [2.75, 3.05) is 12.4 Å². The van der Waals surface area contributed by atoms with Crippen LogP contribution in [0.3, 0.4) is 0 Å². The van der Waals surface area contributed by atoms with E-state index in [1.165, 1.54) is 25.4 Å². The highest BCUT2D eigenvalue weighted by Crippen LogP contribution is 2.26. The summed E-state index contributed by atoms with van der Waals surface area (Å²) in [5, 5.41) is 11.9. The van der Waals surface area contributed by atoms with E-state index < -0.39 is 11.9 Å². The minimum atomic E-state index is -1.02. The number of carboxylic acid groups (broad SMARTS) is 1. The minimum absolute atomic E-state index is 0.0687. The highest BCUT2D eigenvalue weighted by atomic mass is 79.9. The molecular weight excluding hydrogens is 342 g/mol. The molecule has 2 aromatic rings. The number of benzene rings is 1. The van der Waals surface area contributed by atoms with Crippen molar-refractivity contribution in [3.8, 4) is 0 Å². The van der Waals surface area contributed by atoms with E-state index in [0.717, 1.165) is 0 Å². The zero-order valence-electron chi connectivity index (χ0n) is 10.8. The molecule has 8 heteroatoms. The smallest absolute Gasteiger partial charge is 0.376 e. The van der Waals surface area contributed by atoms with E-state index in [-0.39, 0.29) is 11.4 Å². The van der Waals surface area contributed by atoms with E-state index in [2.05, 4.69) is 36.0 Å². The second-order valence-corrected chi connectivity index (χ2v) is 4.74. The van der Waals surface area contributed by atoms with Crippen molar-refractivity contribution >= 4 is 39.4 Å². The van der Waals surface area contributed by atoms with Gasteiger partial charge >= 0.3 is 11.9 Å². The van der Waals surface area contributed by atoms with Crippen LogP contribution < -0.4 is 5.32 Å². The average molecular weight is 352 g/mol. The third kappa shape index (κ3) is 3.54. The van der Waals surface area contributed by atoms with Crippen molar-refractivity contribution in [3.05, 3.63) is 46.3 Å². The Balaban J connectivity index is 2.26. The van der Waals surface area contributed by atoms with Crippen LogP contribution in [0.1, 0.15) is 21.0 Å². The Morgan fingerprint density at radius 3 is 2.71 bits per heavy atom. The first-order valence-corrected chi connectivity index (χ1v) is 6.52. The van der Waals surface area contributed by atoms with Gasteiger partial charge in [-0.1, -0.05) is 0 Å². The van der Waals surface area contributed by atoms with Gasteiger partial charge in [-0.25, -0.2) is 19.6 Å². The summed E-state index contributed by atoms with van der Waals surface area (Å²) in [4.78, 5) is 30.0. The maximum atomic E-state index is 11.4. The fourth-order valence-corrected chi connectivity index (χ4v) is 1.98. The van der Waals surface area contributed by atoms with Crippen molar-refractivity contribution in [1.82, 2.24) is 9.97 Å². The second-order valence-electron chi connectivity index (χ2n) is 3.88. The first-order chi connectivity index (χ1) is 10.0. The van der Waals surface area contributed by atoms with Gasteiger partial charge in [0.05, 0.1) is 18.4 Å². The number of ether oxygens (including phenoxy) is 1. The Morgan fingerprint density at radius 2 is 2.10 bits per heavy atom. The standard InChI is InChI=1S/C13H10BrN3O4/c1-21-13(20)11-15-5-4-10(17-11)16-9-3-2-7(12(18)19)6-8(9)14/h2-6H,1H3,(H,18,19)(H,15,16,17). The number of aromatic nitrogens is 2. The topological polar surface area (TPSA) is 101 Å². The Bertz CT molecular complexity index is 706. The first kappa shape index (κ1) is 14.9. The first-order valence-electron chi connectivity index (χ1n) is 5.72.